The standard InChI is InChI=1S/C24H32N2O4/c1-16(2)21(26-23(28)30-24(4,5)6)22(27)25-19-8-7-9-20(14-19)29-15-18-12-10-17(3)11-13-18/h7-14,16,21H,15H2,1-6H3,(H,25,27)(H,26,28)/t21-/m0/s1. The largest absolute Gasteiger partial charge is 0.489 e. The van der Waals surface area contributed by atoms with Gasteiger partial charge in [-0.05, 0) is 51.3 Å². The Bertz CT molecular complexity index is 854. The molecule has 6 heteroatoms. The van der Waals surface area contributed by atoms with Crippen LogP contribution in [0.15, 0.2) is 48.5 Å². The Morgan fingerprint density at radius 2 is 1.70 bits per heavy atom. The normalized spacial score (nSPS) is 12.2. The van der Waals surface area contributed by atoms with Crippen LogP contribution < -0.4 is 15.4 Å². The zero-order chi connectivity index (χ0) is 22.3. The van der Waals surface area contributed by atoms with E-state index in [1.165, 1.54) is 5.56 Å². The summed E-state index contributed by atoms with van der Waals surface area (Å²) in [7, 11) is 0. The minimum Gasteiger partial charge on any atom is -0.489 e. The van der Waals surface area contributed by atoms with Gasteiger partial charge >= 0.3 is 6.09 Å². The number of hydrogen-bond donors (Lipinski definition) is 2. The molecule has 0 fully saturated rings. The van der Waals surface area contributed by atoms with Crippen molar-refractivity contribution in [2.45, 2.75) is 59.8 Å². The lowest BCUT2D eigenvalue weighted by Gasteiger charge is -2.25. The fourth-order valence-corrected chi connectivity index (χ4v) is 2.70. The zero-order valence-corrected chi connectivity index (χ0v) is 18.6. The van der Waals surface area contributed by atoms with Crippen LogP contribution in [-0.4, -0.2) is 23.6 Å². The summed E-state index contributed by atoms with van der Waals surface area (Å²) in [4.78, 5) is 24.8. The van der Waals surface area contributed by atoms with Crippen LogP contribution in [0, 0.1) is 12.8 Å². The van der Waals surface area contributed by atoms with E-state index in [1.54, 1.807) is 32.9 Å². The van der Waals surface area contributed by atoms with E-state index in [0.29, 0.717) is 18.0 Å². The second-order valence-corrected chi connectivity index (χ2v) is 8.66. The van der Waals surface area contributed by atoms with E-state index in [-0.39, 0.29) is 11.8 Å². The SMILES string of the molecule is Cc1ccc(COc2cccc(NC(=O)[C@@H](NC(=O)OC(C)(C)C)C(C)C)c2)cc1. The van der Waals surface area contributed by atoms with Crippen LogP contribution in [0.25, 0.3) is 0 Å². The first-order chi connectivity index (χ1) is 14.0. The van der Waals surface area contributed by atoms with Gasteiger partial charge in [0.05, 0.1) is 0 Å². The second-order valence-electron chi connectivity index (χ2n) is 8.66. The summed E-state index contributed by atoms with van der Waals surface area (Å²) in [6.07, 6.45) is -0.619. The smallest absolute Gasteiger partial charge is 0.408 e. The highest BCUT2D eigenvalue weighted by atomic mass is 16.6. The topological polar surface area (TPSA) is 76.7 Å². The van der Waals surface area contributed by atoms with E-state index in [1.807, 2.05) is 57.2 Å². The molecule has 0 aliphatic rings. The molecule has 0 saturated heterocycles. The first-order valence-corrected chi connectivity index (χ1v) is 10.1. The fourth-order valence-electron chi connectivity index (χ4n) is 2.70. The molecule has 0 saturated carbocycles. The van der Waals surface area contributed by atoms with Crippen molar-refractivity contribution in [3.05, 3.63) is 59.7 Å². The van der Waals surface area contributed by atoms with E-state index in [2.05, 4.69) is 10.6 Å². The van der Waals surface area contributed by atoms with Crippen LogP contribution in [0.1, 0.15) is 45.7 Å². The lowest BCUT2D eigenvalue weighted by atomic mass is 10.0. The van der Waals surface area contributed by atoms with Gasteiger partial charge in [0.1, 0.15) is 24.0 Å². The lowest BCUT2D eigenvalue weighted by molar-refractivity contribution is -0.119. The van der Waals surface area contributed by atoms with Crippen LogP contribution in [0.2, 0.25) is 0 Å². The summed E-state index contributed by atoms with van der Waals surface area (Å²) < 4.78 is 11.1. The van der Waals surface area contributed by atoms with Gasteiger partial charge in [-0.3, -0.25) is 4.79 Å². The number of amides is 2. The van der Waals surface area contributed by atoms with Gasteiger partial charge in [0.15, 0.2) is 0 Å². The number of aryl methyl sites for hydroxylation is 1. The number of alkyl carbamates (subject to hydrolysis) is 1. The average Bonchev–Trinajstić information content (AvgIpc) is 2.64. The number of ether oxygens (including phenoxy) is 2. The van der Waals surface area contributed by atoms with E-state index < -0.39 is 17.7 Å². The predicted molar refractivity (Wildman–Crippen MR) is 119 cm³/mol. The fraction of sp³-hybridized carbons (Fsp3) is 0.417. The molecule has 0 aliphatic carbocycles. The summed E-state index contributed by atoms with van der Waals surface area (Å²) >= 11 is 0. The number of carbonyl (C=O) groups is 2. The van der Waals surface area contributed by atoms with Crippen molar-refractivity contribution in [2.24, 2.45) is 5.92 Å². The van der Waals surface area contributed by atoms with E-state index >= 15 is 0 Å². The first kappa shape index (κ1) is 23.3. The lowest BCUT2D eigenvalue weighted by Crippen LogP contribution is -2.48. The van der Waals surface area contributed by atoms with Crippen molar-refractivity contribution in [2.75, 3.05) is 5.32 Å². The maximum absolute atomic E-state index is 12.8. The monoisotopic (exact) mass is 412 g/mol. The number of hydrogen-bond acceptors (Lipinski definition) is 4. The second kappa shape index (κ2) is 10.1. The molecule has 0 radical (unpaired) electrons. The molecule has 1 atom stereocenters. The van der Waals surface area contributed by atoms with Crippen LogP contribution in [0.5, 0.6) is 5.75 Å². The molecule has 2 aromatic rings. The van der Waals surface area contributed by atoms with Crippen molar-refractivity contribution in [3.8, 4) is 5.75 Å². The summed E-state index contributed by atoms with van der Waals surface area (Å²) in [6.45, 7) is 11.5. The Labute approximate surface area is 179 Å². The third-order valence-corrected chi connectivity index (χ3v) is 4.25. The van der Waals surface area contributed by atoms with Gasteiger partial charge in [-0.2, -0.15) is 0 Å². The van der Waals surface area contributed by atoms with Gasteiger partial charge in [-0.15, -0.1) is 0 Å². The van der Waals surface area contributed by atoms with E-state index in [9.17, 15) is 9.59 Å². The van der Waals surface area contributed by atoms with Crippen LogP contribution in [0.3, 0.4) is 0 Å². The van der Waals surface area contributed by atoms with Crippen molar-refractivity contribution in [1.29, 1.82) is 0 Å². The molecule has 2 rings (SSSR count). The number of carbonyl (C=O) groups excluding carboxylic acids is 2. The quantitative estimate of drug-likeness (QED) is 0.666. The molecule has 0 aliphatic heterocycles. The van der Waals surface area contributed by atoms with Crippen LogP contribution in [-0.2, 0) is 16.1 Å². The van der Waals surface area contributed by atoms with Gasteiger partial charge in [-0.1, -0.05) is 49.7 Å². The molecular formula is C24H32N2O4. The van der Waals surface area contributed by atoms with E-state index in [0.717, 1.165) is 5.56 Å². The Morgan fingerprint density at radius 3 is 2.30 bits per heavy atom. The molecule has 0 unspecified atom stereocenters. The summed E-state index contributed by atoms with van der Waals surface area (Å²) in [6, 6.07) is 14.6. The van der Waals surface area contributed by atoms with Gasteiger partial charge < -0.3 is 20.1 Å². The van der Waals surface area contributed by atoms with Crippen molar-refractivity contribution < 1.29 is 19.1 Å². The zero-order valence-electron chi connectivity index (χ0n) is 18.6. The molecule has 0 heterocycles. The van der Waals surface area contributed by atoms with Crippen molar-refractivity contribution in [1.82, 2.24) is 5.32 Å². The molecule has 0 spiro atoms. The van der Waals surface area contributed by atoms with Crippen LogP contribution in [0.4, 0.5) is 10.5 Å². The maximum atomic E-state index is 12.8. The molecule has 6 nitrogen and oxygen atoms in total. The molecule has 162 valence electrons. The highest BCUT2D eigenvalue weighted by molar-refractivity contribution is 5.96. The molecule has 2 aromatic carbocycles. The number of rotatable bonds is 7. The minimum atomic E-state index is -0.725. The Balaban J connectivity index is 1.99. The molecule has 0 bridgehead atoms. The Hall–Kier alpha value is -3.02. The van der Waals surface area contributed by atoms with Gasteiger partial charge in [0.25, 0.3) is 0 Å². The molecule has 2 amide bonds. The molecular weight excluding hydrogens is 380 g/mol. The van der Waals surface area contributed by atoms with Gasteiger partial charge in [0.2, 0.25) is 5.91 Å². The first-order valence-electron chi connectivity index (χ1n) is 10.1. The van der Waals surface area contributed by atoms with Gasteiger partial charge in [0, 0.05) is 11.8 Å². The molecule has 2 N–H and O–H groups in total. The summed E-state index contributed by atoms with van der Waals surface area (Å²) in [5.41, 5.74) is 2.23. The van der Waals surface area contributed by atoms with Crippen LogP contribution >= 0.6 is 0 Å². The highest BCUT2D eigenvalue weighted by Gasteiger charge is 2.27. The summed E-state index contributed by atoms with van der Waals surface area (Å²) in [5.74, 6) is 0.222. The van der Waals surface area contributed by atoms with Crippen molar-refractivity contribution >= 4 is 17.7 Å². The van der Waals surface area contributed by atoms with Gasteiger partial charge in [-0.25, -0.2) is 4.79 Å². The predicted octanol–water partition coefficient (Wildman–Crippen LogP) is 5.06. The third kappa shape index (κ3) is 7.78. The maximum Gasteiger partial charge on any atom is 0.408 e. The average molecular weight is 413 g/mol. The minimum absolute atomic E-state index is 0.113. The summed E-state index contributed by atoms with van der Waals surface area (Å²) in [5, 5.41) is 5.50. The Morgan fingerprint density at radius 1 is 1.03 bits per heavy atom. The number of anilines is 1. The number of benzene rings is 2. The third-order valence-electron chi connectivity index (χ3n) is 4.25. The highest BCUT2D eigenvalue weighted by Crippen LogP contribution is 2.20. The molecule has 30 heavy (non-hydrogen) atoms. The number of nitrogens with one attached hydrogen (secondary N) is 2. The Kier molecular flexibility index (Phi) is 7.86. The molecule has 0 aromatic heterocycles. The van der Waals surface area contributed by atoms with E-state index in [4.69, 9.17) is 9.47 Å². The van der Waals surface area contributed by atoms with Crippen molar-refractivity contribution in [3.63, 3.8) is 0 Å².